The average Bonchev–Trinajstić information content (AvgIpc) is 2.79. The normalized spacial score (nSPS) is 13.4. The van der Waals surface area contributed by atoms with Crippen LogP contribution in [0.1, 0.15) is 10.4 Å². The maximum atomic E-state index is 12.8. The van der Waals surface area contributed by atoms with Gasteiger partial charge in [0.05, 0.1) is 23.7 Å². The molecule has 9 nitrogen and oxygen atoms in total. The number of benzene rings is 2. The molecule has 1 aliphatic heterocycles. The van der Waals surface area contributed by atoms with E-state index in [9.17, 15) is 13.2 Å². The maximum Gasteiger partial charge on any atom is 0.260 e. The van der Waals surface area contributed by atoms with Crippen LogP contribution < -0.4 is 19.8 Å². The topological polar surface area (TPSA) is 108 Å². The summed E-state index contributed by atoms with van der Waals surface area (Å²) in [6.07, 6.45) is 2.70. The van der Waals surface area contributed by atoms with Crippen molar-refractivity contribution in [2.75, 3.05) is 40.2 Å². The zero-order valence-electron chi connectivity index (χ0n) is 16.6. The van der Waals surface area contributed by atoms with Gasteiger partial charge in [-0.1, -0.05) is 12.1 Å². The molecule has 0 saturated heterocycles. The van der Waals surface area contributed by atoms with E-state index in [1.807, 2.05) is 30.1 Å². The van der Waals surface area contributed by atoms with Crippen molar-refractivity contribution in [3.63, 3.8) is 0 Å². The van der Waals surface area contributed by atoms with Crippen molar-refractivity contribution < 1.29 is 13.2 Å². The number of aromatic nitrogens is 2. The number of nitrogens with one attached hydrogen (secondary N) is 2. The van der Waals surface area contributed by atoms with Crippen LogP contribution >= 0.6 is 0 Å². The highest BCUT2D eigenvalue weighted by atomic mass is 32.2. The largest absolute Gasteiger partial charge is 0.327 e. The highest BCUT2D eigenvalue weighted by Crippen LogP contribution is 2.37. The molecule has 2 heterocycles. The molecule has 0 atom stereocenters. The molecule has 0 saturated carbocycles. The van der Waals surface area contributed by atoms with E-state index in [1.165, 1.54) is 4.90 Å². The van der Waals surface area contributed by atoms with E-state index in [1.54, 1.807) is 43.6 Å². The minimum atomic E-state index is -3.34. The molecule has 2 N–H and O–H groups in total. The van der Waals surface area contributed by atoms with Crippen LogP contribution in [0, 0.1) is 0 Å². The van der Waals surface area contributed by atoms with Gasteiger partial charge in [-0.15, -0.1) is 0 Å². The number of hydrogen-bond acceptors (Lipinski definition) is 7. The smallest absolute Gasteiger partial charge is 0.260 e. The lowest BCUT2D eigenvalue weighted by molar-refractivity contribution is 0.0994. The van der Waals surface area contributed by atoms with E-state index < -0.39 is 10.0 Å². The van der Waals surface area contributed by atoms with Crippen LogP contribution in [0.5, 0.6) is 0 Å². The second-order valence-corrected chi connectivity index (χ2v) is 8.67. The molecular formula is C20H20N6O3S. The Balaban J connectivity index is 1.65. The highest BCUT2D eigenvalue weighted by Gasteiger charge is 2.28. The van der Waals surface area contributed by atoms with E-state index >= 15 is 0 Å². The summed E-state index contributed by atoms with van der Waals surface area (Å²) in [5.74, 6) is 0.808. The predicted octanol–water partition coefficient (Wildman–Crippen LogP) is 2.95. The van der Waals surface area contributed by atoms with Crippen LogP contribution in [0.25, 0.3) is 0 Å². The number of sulfonamides is 1. The Kier molecular flexibility index (Phi) is 4.78. The Labute approximate surface area is 174 Å². The lowest BCUT2D eigenvalue weighted by atomic mass is 10.1. The molecule has 1 aromatic heterocycles. The van der Waals surface area contributed by atoms with Crippen molar-refractivity contribution in [1.82, 2.24) is 9.97 Å². The molecule has 0 spiro atoms. The minimum absolute atomic E-state index is 0.130. The predicted molar refractivity (Wildman–Crippen MR) is 117 cm³/mol. The highest BCUT2D eigenvalue weighted by molar-refractivity contribution is 7.92. The fourth-order valence-corrected chi connectivity index (χ4v) is 3.79. The van der Waals surface area contributed by atoms with E-state index in [4.69, 9.17) is 0 Å². The molecule has 2 aromatic carbocycles. The molecule has 3 aromatic rings. The molecular weight excluding hydrogens is 404 g/mol. The Hall–Kier alpha value is -3.66. The molecule has 0 fully saturated rings. The zero-order chi connectivity index (χ0) is 21.5. The standard InChI is InChI=1S/C20H20N6O3S/c1-25-16-7-5-4-6-15(16)19(27)26(2)17-12-21-20(23-18(17)25)22-13-8-10-14(11-9-13)24-30(3,28)29/h4-12,24H,1-3H3,(H,21,22,23). The van der Waals surface area contributed by atoms with Crippen molar-refractivity contribution in [3.8, 4) is 0 Å². The summed E-state index contributed by atoms with van der Waals surface area (Å²) >= 11 is 0. The Bertz CT molecular complexity index is 1230. The third kappa shape index (κ3) is 3.77. The fourth-order valence-electron chi connectivity index (χ4n) is 3.23. The van der Waals surface area contributed by atoms with Gasteiger partial charge in [0.15, 0.2) is 5.82 Å². The minimum Gasteiger partial charge on any atom is -0.327 e. The number of nitrogens with zero attached hydrogens (tertiary/aromatic N) is 4. The Morgan fingerprint density at radius 2 is 1.57 bits per heavy atom. The summed E-state index contributed by atoms with van der Waals surface area (Å²) in [6.45, 7) is 0. The van der Waals surface area contributed by atoms with E-state index in [2.05, 4.69) is 20.0 Å². The van der Waals surface area contributed by atoms with Crippen molar-refractivity contribution >= 4 is 50.4 Å². The fraction of sp³-hybridized carbons (Fsp3) is 0.150. The molecule has 4 rings (SSSR count). The van der Waals surface area contributed by atoms with Crippen LogP contribution in [0.2, 0.25) is 0 Å². The van der Waals surface area contributed by atoms with Crippen molar-refractivity contribution in [1.29, 1.82) is 0 Å². The van der Waals surface area contributed by atoms with E-state index in [0.717, 1.165) is 11.9 Å². The van der Waals surface area contributed by atoms with Gasteiger partial charge < -0.3 is 15.1 Å². The number of fused-ring (bicyclic) bond motifs is 2. The third-order valence-electron chi connectivity index (χ3n) is 4.67. The van der Waals surface area contributed by atoms with Crippen LogP contribution in [-0.4, -0.2) is 44.6 Å². The van der Waals surface area contributed by atoms with Crippen molar-refractivity contribution in [2.24, 2.45) is 0 Å². The first-order chi connectivity index (χ1) is 14.2. The molecule has 1 aliphatic rings. The first-order valence-electron chi connectivity index (χ1n) is 9.06. The first-order valence-corrected chi connectivity index (χ1v) is 10.9. The molecule has 0 unspecified atom stereocenters. The molecule has 1 amide bonds. The van der Waals surface area contributed by atoms with Gasteiger partial charge in [-0.05, 0) is 36.4 Å². The van der Waals surface area contributed by atoms with Crippen LogP contribution in [-0.2, 0) is 10.0 Å². The van der Waals surface area contributed by atoms with Gasteiger partial charge in [0.2, 0.25) is 16.0 Å². The average molecular weight is 424 g/mol. The summed E-state index contributed by atoms with van der Waals surface area (Å²) in [6, 6.07) is 14.1. The lowest BCUT2D eigenvalue weighted by Gasteiger charge is -2.21. The van der Waals surface area contributed by atoms with Gasteiger partial charge in [0.25, 0.3) is 5.91 Å². The zero-order valence-corrected chi connectivity index (χ0v) is 17.4. The summed E-state index contributed by atoms with van der Waals surface area (Å²) < 4.78 is 25.1. The Morgan fingerprint density at radius 1 is 0.900 bits per heavy atom. The number of carbonyl (C=O) groups excluding carboxylic acids is 1. The number of hydrogen-bond donors (Lipinski definition) is 2. The number of anilines is 6. The first kappa shape index (κ1) is 19.6. The van der Waals surface area contributed by atoms with Crippen LogP contribution in [0.3, 0.4) is 0 Å². The van der Waals surface area contributed by atoms with E-state index in [-0.39, 0.29) is 5.91 Å². The number of para-hydroxylation sites is 1. The van der Waals surface area contributed by atoms with Gasteiger partial charge in [-0.2, -0.15) is 4.98 Å². The summed E-state index contributed by atoms with van der Waals surface area (Å²) in [5.41, 5.74) is 3.09. The number of carbonyl (C=O) groups is 1. The molecule has 0 bridgehead atoms. The Morgan fingerprint density at radius 3 is 2.27 bits per heavy atom. The second kappa shape index (κ2) is 7.30. The van der Waals surface area contributed by atoms with E-state index in [0.29, 0.717) is 34.4 Å². The summed E-state index contributed by atoms with van der Waals surface area (Å²) in [7, 11) is 0.213. The second-order valence-electron chi connectivity index (χ2n) is 6.92. The SMILES string of the molecule is CN1C(=O)c2ccccc2N(C)c2nc(Nc3ccc(NS(C)(=O)=O)cc3)ncc21. The molecule has 10 heteroatoms. The number of amides is 1. The molecule has 0 aliphatic carbocycles. The molecule has 154 valence electrons. The van der Waals surface area contributed by atoms with Gasteiger partial charge in [-0.25, -0.2) is 13.4 Å². The summed E-state index contributed by atoms with van der Waals surface area (Å²) in [5, 5.41) is 3.11. The quantitative estimate of drug-likeness (QED) is 0.663. The van der Waals surface area contributed by atoms with Gasteiger partial charge in [0.1, 0.15) is 5.69 Å². The molecule has 0 radical (unpaired) electrons. The van der Waals surface area contributed by atoms with Crippen LogP contribution in [0.4, 0.5) is 34.5 Å². The summed E-state index contributed by atoms with van der Waals surface area (Å²) in [4.78, 5) is 25.2. The third-order valence-corrected chi connectivity index (χ3v) is 5.28. The monoisotopic (exact) mass is 424 g/mol. The lowest BCUT2D eigenvalue weighted by Crippen LogP contribution is -2.25. The van der Waals surface area contributed by atoms with Crippen LogP contribution in [0.15, 0.2) is 54.7 Å². The van der Waals surface area contributed by atoms with Gasteiger partial charge >= 0.3 is 0 Å². The molecule has 30 heavy (non-hydrogen) atoms. The van der Waals surface area contributed by atoms with Crippen molar-refractivity contribution in [2.45, 2.75) is 0 Å². The van der Waals surface area contributed by atoms with Gasteiger partial charge in [-0.3, -0.25) is 9.52 Å². The maximum absolute atomic E-state index is 12.8. The van der Waals surface area contributed by atoms with Crippen molar-refractivity contribution in [3.05, 3.63) is 60.3 Å². The van der Waals surface area contributed by atoms with Gasteiger partial charge in [0, 0.05) is 25.5 Å². The number of rotatable bonds is 4.